The number of hydrogen-bond acceptors (Lipinski definition) is 8. The van der Waals surface area contributed by atoms with Gasteiger partial charge < -0.3 is 9.13 Å². The van der Waals surface area contributed by atoms with Crippen LogP contribution in [0.2, 0.25) is 0 Å². The van der Waals surface area contributed by atoms with Crippen molar-refractivity contribution in [2.24, 2.45) is 11.8 Å². The summed E-state index contributed by atoms with van der Waals surface area (Å²) in [6.45, 7) is 10.0. The number of nitrogens with zero attached hydrogens (tertiary/aromatic N) is 8. The minimum Gasteiger partial charge on any atom is -0.315 e. The Bertz CT molecular complexity index is 1710. The van der Waals surface area contributed by atoms with Gasteiger partial charge in [-0.15, -0.1) is 22.7 Å². The van der Waals surface area contributed by atoms with Gasteiger partial charge in [0.25, 0.3) is 0 Å². The Balaban J connectivity index is 1.57. The maximum absolute atomic E-state index is 9.81. The van der Waals surface area contributed by atoms with E-state index in [2.05, 4.69) is 74.1 Å². The van der Waals surface area contributed by atoms with Gasteiger partial charge in [0, 0.05) is 32.2 Å². The normalized spacial score (nSPS) is 12.8. The second kappa shape index (κ2) is 16.7. The van der Waals surface area contributed by atoms with Crippen molar-refractivity contribution in [3.05, 3.63) is 56.3 Å². The van der Waals surface area contributed by atoms with Crippen LogP contribution in [0.25, 0.3) is 33.7 Å². The van der Waals surface area contributed by atoms with Gasteiger partial charge in [-0.25, -0.2) is 9.97 Å². The van der Waals surface area contributed by atoms with Crippen LogP contribution in [0.5, 0.6) is 0 Å². The van der Waals surface area contributed by atoms with E-state index < -0.39 is 0 Å². The highest BCUT2D eigenvalue weighted by Crippen LogP contribution is 2.35. The molecule has 0 saturated carbocycles. The van der Waals surface area contributed by atoms with Crippen molar-refractivity contribution in [3.8, 4) is 24.3 Å². The van der Waals surface area contributed by atoms with E-state index >= 15 is 0 Å². The quantitative estimate of drug-likeness (QED) is 0.119. The fraction of sp³-hybridized carbons (Fsp3) is 0.444. The summed E-state index contributed by atoms with van der Waals surface area (Å²) in [7, 11) is 0. The molecule has 0 aromatic carbocycles. The predicted octanol–water partition coefficient (Wildman–Crippen LogP) is 9.62. The first-order valence-corrected chi connectivity index (χ1v) is 17.8. The molecule has 0 bridgehead atoms. The summed E-state index contributed by atoms with van der Waals surface area (Å²) in [4.78, 5) is 11.1. The fourth-order valence-electron chi connectivity index (χ4n) is 5.65. The Morgan fingerprint density at radius 2 is 1.07 bits per heavy atom. The topological polar surface area (TPSA) is 131 Å². The van der Waals surface area contributed by atoms with E-state index in [0.29, 0.717) is 48.0 Å². The van der Waals surface area contributed by atoms with Crippen molar-refractivity contribution in [2.75, 3.05) is 0 Å². The third-order valence-corrected chi connectivity index (χ3v) is 10.6. The zero-order valence-corrected chi connectivity index (χ0v) is 28.7. The largest absolute Gasteiger partial charge is 0.315 e. The highest BCUT2D eigenvalue weighted by Gasteiger charge is 2.20. The summed E-state index contributed by atoms with van der Waals surface area (Å²) in [5, 5.41) is 38.9. The molecule has 0 spiro atoms. The molecular formula is C36H40N8S2. The minimum absolute atomic E-state index is 0.173. The first-order valence-electron chi connectivity index (χ1n) is 16.1. The number of rotatable bonds is 16. The Kier molecular flexibility index (Phi) is 12.5. The van der Waals surface area contributed by atoms with Crippen LogP contribution in [-0.4, -0.2) is 19.1 Å². The monoisotopic (exact) mass is 648 g/mol. The summed E-state index contributed by atoms with van der Waals surface area (Å²) in [6, 6.07) is 12.9. The molecule has 0 radical (unpaired) electrons. The maximum atomic E-state index is 9.81. The fourth-order valence-corrected chi connectivity index (χ4v) is 7.87. The minimum atomic E-state index is 0.173. The van der Waals surface area contributed by atoms with Gasteiger partial charge in [0.05, 0.1) is 0 Å². The van der Waals surface area contributed by atoms with Crippen LogP contribution in [0.1, 0.15) is 123 Å². The number of nitriles is 4. The number of fused-ring (bicyclic) bond motifs is 1. The number of imidazole rings is 2. The molecule has 0 aliphatic rings. The average molecular weight is 649 g/mol. The average Bonchev–Trinajstić information content (AvgIpc) is 3.82. The molecule has 0 saturated heterocycles. The molecule has 236 valence electrons. The van der Waals surface area contributed by atoms with Crippen molar-refractivity contribution in [1.82, 2.24) is 19.1 Å². The van der Waals surface area contributed by atoms with E-state index in [1.54, 1.807) is 22.7 Å². The highest BCUT2D eigenvalue weighted by atomic mass is 32.1. The molecule has 0 fully saturated rings. The lowest BCUT2D eigenvalue weighted by molar-refractivity contribution is 0.388. The number of hydrogen-bond donors (Lipinski definition) is 0. The van der Waals surface area contributed by atoms with Crippen molar-refractivity contribution in [3.63, 3.8) is 0 Å². The molecule has 4 heterocycles. The van der Waals surface area contributed by atoms with Crippen molar-refractivity contribution >= 4 is 56.4 Å². The van der Waals surface area contributed by atoms with E-state index in [9.17, 15) is 21.0 Å². The molecule has 4 aromatic heterocycles. The van der Waals surface area contributed by atoms with Crippen LogP contribution in [0.4, 0.5) is 0 Å². The van der Waals surface area contributed by atoms with Crippen molar-refractivity contribution in [1.29, 1.82) is 21.0 Å². The molecule has 2 unspecified atom stereocenters. The second-order valence-corrected chi connectivity index (χ2v) is 13.8. The SMILES string of the molecule is CCCCC(CC)Cn1c(/C=C/c2cc3sc(/C=C/c4nc(C#N)c(C#N)n4CC(CC)CCCC)cc3s2)nc(C#N)c1C#N. The third kappa shape index (κ3) is 8.02. The number of unbranched alkanes of at least 4 members (excludes halogenated alkanes) is 2. The van der Waals surface area contributed by atoms with Gasteiger partial charge in [-0.1, -0.05) is 66.2 Å². The Morgan fingerprint density at radius 1 is 0.652 bits per heavy atom. The number of aromatic nitrogens is 4. The van der Waals surface area contributed by atoms with Gasteiger partial charge in [0.15, 0.2) is 22.8 Å². The zero-order chi connectivity index (χ0) is 33.1. The van der Waals surface area contributed by atoms with Crippen LogP contribution < -0.4 is 0 Å². The smallest absolute Gasteiger partial charge is 0.177 e. The maximum Gasteiger partial charge on any atom is 0.177 e. The molecule has 2 atom stereocenters. The standard InChI is InChI=1S/C36H40N8S2/c1-5-9-11-25(7-3)23-43-31(21-39)29(19-37)41-35(43)15-13-27-17-33-34(45-27)18-28(46-33)14-16-36-42-30(20-38)32(22-40)44(36)24-26(8-4)12-10-6-2/h13-18,25-26H,5-12,23-24H2,1-4H3/b15-13+,16-14+. The Morgan fingerprint density at radius 3 is 1.39 bits per heavy atom. The molecule has 0 N–H and O–H groups in total. The lowest BCUT2D eigenvalue weighted by atomic mass is 9.99. The van der Waals surface area contributed by atoms with Gasteiger partial charge in [0.1, 0.15) is 35.9 Å². The summed E-state index contributed by atoms with van der Waals surface area (Å²) < 4.78 is 6.11. The van der Waals surface area contributed by atoms with Gasteiger partial charge >= 0.3 is 0 Å². The molecular weight excluding hydrogens is 609 g/mol. The van der Waals surface area contributed by atoms with E-state index in [1.807, 2.05) is 33.4 Å². The predicted molar refractivity (Wildman–Crippen MR) is 187 cm³/mol. The highest BCUT2D eigenvalue weighted by molar-refractivity contribution is 7.28. The van der Waals surface area contributed by atoms with Crippen LogP contribution >= 0.6 is 22.7 Å². The third-order valence-electron chi connectivity index (χ3n) is 8.42. The lowest BCUT2D eigenvalue weighted by Gasteiger charge is -2.16. The summed E-state index contributed by atoms with van der Waals surface area (Å²) in [5.74, 6) is 2.10. The summed E-state index contributed by atoms with van der Waals surface area (Å²) >= 11 is 3.34. The molecule has 10 heteroatoms. The molecule has 46 heavy (non-hydrogen) atoms. The first kappa shape index (κ1) is 34.4. The van der Waals surface area contributed by atoms with Crippen LogP contribution in [0, 0.1) is 57.2 Å². The van der Waals surface area contributed by atoms with Crippen LogP contribution in [-0.2, 0) is 13.1 Å². The van der Waals surface area contributed by atoms with Crippen molar-refractivity contribution in [2.45, 2.75) is 92.2 Å². The zero-order valence-electron chi connectivity index (χ0n) is 27.1. The van der Waals surface area contributed by atoms with Crippen LogP contribution in [0.3, 0.4) is 0 Å². The molecule has 0 aliphatic heterocycles. The lowest BCUT2D eigenvalue weighted by Crippen LogP contribution is -2.13. The molecule has 0 amide bonds. The van der Waals surface area contributed by atoms with Gasteiger partial charge in [-0.05, 0) is 61.1 Å². The van der Waals surface area contributed by atoms with E-state index in [1.165, 1.54) is 0 Å². The van der Waals surface area contributed by atoms with E-state index in [-0.39, 0.29) is 11.4 Å². The molecule has 4 aromatic rings. The summed E-state index contributed by atoms with van der Waals surface area (Å²) in [6.07, 6.45) is 16.5. The second-order valence-electron chi connectivity index (χ2n) is 11.5. The van der Waals surface area contributed by atoms with E-state index in [4.69, 9.17) is 0 Å². The summed E-state index contributed by atoms with van der Waals surface area (Å²) in [5.41, 5.74) is 1.01. The van der Waals surface area contributed by atoms with E-state index in [0.717, 1.165) is 70.5 Å². The van der Waals surface area contributed by atoms with Crippen LogP contribution in [0.15, 0.2) is 12.1 Å². The van der Waals surface area contributed by atoms with Gasteiger partial charge in [-0.3, -0.25) is 0 Å². The first-order chi connectivity index (χ1) is 22.4. The number of thiophene rings is 2. The van der Waals surface area contributed by atoms with Gasteiger partial charge in [0.2, 0.25) is 0 Å². The van der Waals surface area contributed by atoms with Gasteiger partial charge in [-0.2, -0.15) is 21.0 Å². The Hall–Kier alpha value is -4.48. The van der Waals surface area contributed by atoms with Crippen molar-refractivity contribution < 1.29 is 0 Å². The molecule has 0 aliphatic carbocycles. The molecule has 4 rings (SSSR count). The Labute approximate surface area is 280 Å². The molecule has 8 nitrogen and oxygen atoms in total.